The predicted octanol–water partition coefficient (Wildman–Crippen LogP) is 3.07. The van der Waals surface area contributed by atoms with Crippen LogP contribution in [0, 0.1) is 11.6 Å². The van der Waals surface area contributed by atoms with Crippen LogP contribution >= 0.6 is 0 Å². The molecule has 0 saturated carbocycles. The zero-order valence-electron chi connectivity index (χ0n) is 11.0. The van der Waals surface area contributed by atoms with Gasteiger partial charge in [0.15, 0.2) is 0 Å². The molecule has 0 unspecified atom stereocenters. The van der Waals surface area contributed by atoms with E-state index in [2.05, 4.69) is 5.10 Å². The van der Waals surface area contributed by atoms with E-state index in [4.69, 9.17) is 4.74 Å². The third-order valence-electron chi connectivity index (χ3n) is 3.10. The van der Waals surface area contributed by atoms with Gasteiger partial charge in [0, 0.05) is 5.56 Å². The van der Waals surface area contributed by atoms with Crippen LogP contribution in [-0.4, -0.2) is 22.7 Å². The Morgan fingerprint density at radius 1 is 1.10 bits per heavy atom. The number of halogens is 2. The minimum Gasteiger partial charge on any atom is -0.465 e. The number of pyridine rings is 1. The fraction of sp³-hybridized carbons (Fsp3) is 0.0667. The zero-order valence-corrected chi connectivity index (χ0v) is 11.0. The van der Waals surface area contributed by atoms with E-state index in [9.17, 15) is 13.6 Å². The van der Waals surface area contributed by atoms with Crippen molar-refractivity contribution in [2.24, 2.45) is 0 Å². The number of carbonyl (C=O) groups is 1. The first-order valence-corrected chi connectivity index (χ1v) is 6.12. The van der Waals surface area contributed by atoms with Gasteiger partial charge in [-0.1, -0.05) is 0 Å². The van der Waals surface area contributed by atoms with Crippen LogP contribution < -0.4 is 0 Å². The lowest BCUT2D eigenvalue weighted by atomic mass is 10.1. The molecule has 6 heteroatoms. The number of esters is 1. The zero-order chi connectivity index (χ0) is 15.0. The molecule has 3 rings (SSSR count). The fourth-order valence-electron chi connectivity index (χ4n) is 2.14. The molecule has 0 amide bonds. The van der Waals surface area contributed by atoms with Gasteiger partial charge in [-0.15, -0.1) is 0 Å². The number of aromatic nitrogens is 2. The summed E-state index contributed by atoms with van der Waals surface area (Å²) < 4.78 is 32.3. The lowest BCUT2D eigenvalue weighted by Gasteiger charge is -2.01. The van der Waals surface area contributed by atoms with Crippen LogP contribution in [0.1, 0.15) is 10.4 Å². The standard InChI is InChI=1S/C15H10F2N2O2/c1-21-15(20)13-12-7-6-11(17)8-19(12)18-14(13)9-2-4-10(16)5-3-9/h2-8H,1H3. The third kappa shape index (κ3) is 2.24. The number of fused-ring (bicyclic) bond motifs is 1. The summed E-state index contributed by atoms with van der Waals surface area (Å²) in [6.45, 7) is 0. The average Bonchev–Trinajstić information content (AvgIpc) is 2.85. The van der Waals surface area contributed by atoms with Gasteiger partial charge in [-0.3, -0.25) is 0 Å². The maximum absolute atomic E-state index is 13.3. The first-order chi connectivity index (χ1) is 10.1. The molecule has 0 aliphatic heterocycles. The normalized spacial score (nSPS) is 10.8. The van der Waals surface area contributed by atoms with E-state index in [0.717, 1.165) is 6.20 Å². The van der Waals surface area contributed by atoms with Gasteiger partial charge < -0.3 is 4.74 Å². The summed E-state index contributed by atoms with van der Waals surface area (Å²) in [5, 5.41) is 4.20. The van der Waals surface area contributed by atoms with Crippen molar-refractivity contribution in [2.75, 3.05) is 7.11 Å². The molecule has 0 radical (unpaired) electrons. The van der Waals surface area contributed by atoms with Gasteiger partial charge in [-0.25, -0.2) is 18.1 Å². The molecule has 21 heavy (non-hydrogen) atoms. The number of rotatable bonds is 2. The summed E-state index contributed by atoms with van der Waals surface area (Å²) in [4.78, 5) is 12.0. The Kier molecular flexibility index (Phi) is 3.13. The Hall–Kier alpha value is -2.76. The van der Waals surface area contributed by atoms with Crippen LogP contribution in [0.15, 0.2) is 42.6 Å². The number of nitrogens with zero attached hydrogens (tertiary/aromatic N) is 2. The van der Waals surface area contributed by atoms with Gasteiger partial charge in [0.25, 0.3) is 0 Å². The van der Waals surface area contributed by atoms with Gasteiger partial charge in [-0.2, -0.15) is 5.10 Å². The second kappa shape index (κ2) is 4.97. The SMILES string of the molecule is COC(=O)c1c(-c2ccc(F)cc2)nn2cc(F)ccc12. The molecule has 0 aliphatic rings. The molecule has 2 heterocycles. The topological polar surface area (TPSA) is 43.6 Å². The third-order valence-corrected chi connectivity index (χ3v) is 3.10. The Labute approximate surface area is 118 Å². The molecule has 0 aliphatic carbocycles. The van der Waals surface area contributed by atoms with Crippen LogP contribution in [0.4, 0.5) is 8.78 Å². The minimum absolute atomic E-state index is 0.212. The Morgan fingerprint density at radius 3 is 2.43 bits per heavy atom. The lowest BCUT2D eigenvalue weighted by molar-refractivity contribution is 0.0604. The minimum atomic E-state index is -0.587. The maximum Gasteiger partial charge on any atom is 0.342 e. The monoisotopic (exact) mass is 288 g/mol. The first-order valence-electron chi connectivity index (χ1n) is 6.12. The molecule has 0 spiro atoms. The van der Waals surface area contributed by atoms with E-state index >= 15 is 0 Å². The summed E-state index contributed by atoms with van der Waals surface area (Å²) in [5.41, 5.74) is 1.49. The molecule has 0 N–H and O–H groups in total. The molecule has 106 valence electrons. The Morgan fingerprint density at radius 2 is 1.76 bits per heavy atom. The highest BCUT2D eigenvalue weighted by Crippen LogP contribution is 2.27. The highest BCUT2D eigenvalue weighted by Gasteiger charge is 2.21. The van der Waals surface area contributed by atoms with Crippen molar-refractivity contribution in [3.8, 4) is 11.3 Å². The average molecular weight is 288 g/mol. The Balaban J connectivity index is 2.30. The van der Waals surface area contributed by atoms with E-state index in [1.54, 1.807) is 0 Å². The van der Waals surface area contributed by atoms with Crippen LogP contribution in [-0.2, 0) is 4.74 Å². The number of carbonyl (C=O) groups excluding carboxylic acids is 1. The maximum atomic E-state index is 13.3. The molecule has 3 aromatic rings. The molecule has 0 saturated heterocycles. The molecular formula is C15H10F2N2O2. The van der Waals surface area contributed by atoms with E-state index in [1.807, 2.05) is 0 Å². The number of benzene rings is 1. The van der Waals surface area contributed by atoms with E-state index in [-0.39, 0.29) is 5.56 Å². The number of hydrogen-bond acceptors (Lipinski definition) is 3. The van der Waals surface area contributed by atoms with E-state index in [0.29, 0.717) is 16.8 Å². The van der Waals surface area contributed by atoms with Crippen LogP contribution in [0.25, 0.3) is 16.8 Å². The lowest BCUT2D eigenvalue weighted by Crippen LogP contribution is -2.02. The van der Waals surface area contributed by atoms with Gasteiger partial charge in [0.1, 0.15) is 22.9 Å². The Bertz CT molecular complexity index is 826. The molecule has 2 aromatic heterocycles. The van der Waals surface area contributed by atoms with Crippen molar-refractivity contribution < 1.29 is 18.3 Å². The molecule has 1 aromatic carbocycles. The van der Waals surface area contributed by atoms with Crippen LogP contribution in [0.3, 0.4) is 0 Å². The van der Waals surface area contributed by atoms with Crippen LogP contribution in [0.2, 0.25) is 0 Å². The molecule has 0 bridgehead atoms. The first kappa shape index (κ1) is 13.2. The highest BCUT2D eigenvalue weighted by molar-refractivity contribution is 6.03. The van der Waals surface area contributed by atoms with Crippen molar-refractivity contribution in [3.63, 3.8) is 0 Å². The summed E-state index contributed by atoms with van der Waals surface area (Å²) >= 11 is 0. The van der Waals surface area contributed by atoms with Gasteiger partial charge in [0.05, 0.1) is 18.8 Å². The second-order valence-electron chi connectivity index (χ2n) is 4.40. The van der Waals surface area contributed by atoms with E-state index in [1.165, 1.54) is 48.0 Å². The predicted molar refractivity (Wildman–Crippen MR) is 71.9 cm³/mol. The summed E-state index contributed by atoms with van der Waals surface area (Å²) in [7, 11) is 1.25. The smallest absolute Gasteiger partial charge is 0.342 e. The van der Waals surface area contributed by atoms with Crippen molar-refractivity contribution in [2.45, 2.75) is 0 Å². The number of hydrogen-bond donors (Lipinski definition) is 0. The van der Waals surface area contributed by atoms with Crippen molar-refractivity contribution in [1.29, 1.82) is 0 Å². The highest BCUT2D eigenvalue weighted by atomic mass is 19.1. The largest absolute Gasteiger partial charge is 0.465 e. The summed E-state index contributed by atoms with van der Waals surface area (Å²) in [6.07, 6.45) is 1.16. The molecule has 4 nitrogen and oxygen atoms in total. The molecular weight excluding hydrogens is 278 g/mol. The number of ether oxygens (including phenoxy) is 1. The number of methoxy groups -OCH3 is 1. The quantitative estimate of drug-likeness (QED) is 0.681. The fourth-order valence-corrected chi connectivity index (χ4v) is 2.14. The van der Waals surface area contributed by atoms with Crippen molar-refractivity contribution in [1.82, 2.24) is 9.61 Å². The molecule has 0 atom stereocenters. The van der Waals surface area contributed by atoms with Crippen molar-refractivity contribution in [3.05, 3.63) is 59.8 Å². The van der Waals surface area contributed by atoms with Gasteiger partial charge in [0.2, 0.25) is 0 Å². The van der Waals surface area contributed by atoms with Gasteiger partial charge >= 0.3 is 5.97 Å². The molecule has 0 fully saturated rings. The summed E-state index contributed by atoms with van der Waals surface area (Å²) in [6, 6.07) is 8.21. The van der Waals surface area contributed by atoms with Crippen molar-refractivity contribution >= 4 is 11.5 Å². The second-order valence-corrected chi connectivity index (χ2v) is 4.40. The van der Waals surface area contributed by atoms with Crippen LogP contribution in [0.5, 0.6) is 0 Å². The van der Waals surface area contributed by atoms with Gasteiger partial charge in [-0.05, 0) is 36.4 Å². The van der Waals surface area contributed by atoms with E-state index < -0.39 is 17.6 Å². The summed E-state index contributed by atoms with van der Waals surface area (Å²) in [5.74, 6) is -1.46.